The molecular weight excluding hydrogens is 660 g/mol. The Morgan fingerprint density at radius 2 is 1.20 bits per heavy atom. The molecule has 4 aromatic rings. The minimum absolute atomic E-state index is 0.00225. The molecule has 0 atom stereocenters. The van der Waals surface area contributed by atoms with Crippen molar-refractivity contribution in [2.75, 3.05) is 5.32 Å². The number of para-hydroxylation sites is 2. The average molecular weight is 680 g/mol. The highest BCUT2D eigenvalue weighted by Crippen LogP contribution is 2.29. The maximum Gasteiger partial charge on any atom is 0.307 e. The molecule has 0 spiro atoms. The molecule has 4 aromatic carbocycles. The molecule has 0 saturated carbocycles. The predicted molar refractivity (Wildman–Crippen MR) is 158 cm³/mol. The third-order valence-corrected chi connectivity index (χ3v) is 7.17. The molecule has 4 rings (SSSR count). The van der Waals surface area contributed by atoms with Gasteiger partial charge in [0.1, 0.15) is 5.56 Å². The number of halogens is 2. The molecule has 2 N–H and O–H groups in total. The number of anilines is 1. The number of hydrogen-bond donors (Lipinski definition) is 2. The molecule has 206 valence electrons. The number of benzene rings is 4. The minimum atomic E-state index is -1.18. The number of hydrogen-bond acceptors (Lipinski definition) is 6. The Kier molecular flexibility index (Phi) is 9.21. The highest BCUT2D eigenvalue weighted by molar-refractivity contribution is 9.10. The summed E-state index contributed by atoms with van der Waals surface area (Å²) in [5.41, 5.74) is 0.0724. The van der Waals surface area contributed by atoms with Gasteiger partial charge >= 0.3 is 5.97 Å². The average Bonchev–Trinajstić information content (AvgIpc) is 2.93. The number of ketones is 2. The Labute approximate surface area is 250 Å². The molecule has 11 heteroatoms. The van der Waals surface area contributed by atoms with Crippen LogP contribution in [0, 0.1) is 10.1 Å². The van der Waals surface area contributed by atoms with Gasteiger partial charge in [-0.25, -0.2) is 0 Å². The highest BCUT2D eigenvalue weighted by atomic mass is 79.9. The van der Waals surface area contributed by atoms with Crippen LogP contribution < -0.4 is 5.32 Å². The molecule has 0 heterocycles. The number of carbonyl (C=O) groups is 4. The van der Waals surface area contributed by atoms with Crippen molar-refractivity contribution >= 4 is 66.7 Å². The van der Waals surface area contributed by atoms with E-state index in [0.717, 1.165) is 8.95 Å². The van der Waals surface area contributed by atoms with Crippen LogP contribution in [0.5, 0.6) is 0 Å². The maximum absolute atomic E-state index is 13.3. The van der Waals surface area contributed by atoms with Crippen LogP contribution >= 0.6 is 31.9 Å². The summed E-state index contributed by atoms with van der Waals surface area (Å²) in [5.74, 6) is -2.94. The largest absolute Gasteiger partial charge is 0.481 e. The number of nitro benzene ring substituents is 1. The van der Waals surface area contributed by atoms with Gasteiger partial charge in [0, 0.05) is 31.2 Å². The van der Waals surface area contributed by atoms with Crippen molar-refractivity contribution in [1.29, 1.82) is 0 Å². The normalized spacial score (nSPS) is 10.6. The van der Waals surface area contributed by atoms with Gasteiger partial charge < -0.3 is 10.4 Å². The number of amides is 1. The molecule has 41 heavy (non-hydrogen) atoms. The van der Waals surface area contributed by atoms with Crippen LogP contribution in [-0.4, -0.2) is 33.5 Å². The van der Waals surface area contributed by atoms with Gasteiger partial charge in [-0.05, 0) is 66.2 Å². The fourth-order valence-electron chi connectivity index (χ4n) is 4.25. The van der Waals surface area contributed by atoms with Gasteiger partial charge in [0.2, 0.25) is 5.91 Å². The first-order valence-corrected chi connectivity index (χ1v) is 13.6. The summed E-state index contributed by atoms with van der Waals surface area (Å²) in [6, 6.07) is 21.4. The fraction of sp³-hybridized carbons (Fsp3) is 0.0667. The van der Waals surface area contributed by atoms with Crippen LogP contribution in [0.3, 0.4) is 0 Å². The molecule has 0 bridgehead atoms. The van der Waals surface area contributed by atoms with Crippen molar-refractivity contribution < 1.29 is 29.2 Å². The first kappa shape index (κ1) is 29.5. The number of nitrogens with one attached hydrogen (secondary N) is 1. The zero-order valence-electron chi connectivity index (χ0n) is 21.1. The van der Waals surface area contributed by atoms with E-state index in [0.29, 0.717) is 5.56 Å². The lowest BCUT2D eigenvalue weighted by Gasteiger charge is -2.15. The van der Waals surface area contributed by atoms with E-state index in [1.165, 1.54) is 48.5 Å². The number of carbonyl (C=O) groups excluding carboxylic acids is 3. The van der Waals surface area contributed by atoms with E-state index in [-0.39, 0.29) is 33.5 Å². The number of nitro groups is 1. The molecule has 0 unspecified atom stereocenters. The van der Waals surface area contributed by atoms with Gasteiger partial charge in [-0.15, -0.1) is 0 Å². The molecule has 9 nitrogen and oxygen atoms in total. The van der Waals surface area contributed by atoms with Gasteiger partial charge in [0.15, 0.2) is 11.6 Å². The zero-order valence-corrected chi connectivity index (χ0v) is 24.3. The number of carboxylic acid groups (broad SMARTS) is 1. The summed E-state index contributed by atoms with van der Waals surface area (Å²) in [6.07, 6.45) is -0.987. The van der Waals surface area contributed by atoms with E-state index < -0.39 is 46.9 Å². The Morgan fingerprint density at radius 1 is 0.707 bits per heavy atom. The third-order valence-electron chi connectivity index (χ3n) is 6.11. The summed E-state index contributed by atoms with van der Waals surface area (Å²) < 4.78 is 1.49. The van der Waals surface area contributed by atoms with Crippen LogP contribution in [0.2, 0.25) is 0 Å². The highest BCUT2D eigenvalue weighted by Gasteiger charge is 2.27. The first-order chi connectivity index (χ1) is 19.5. The molecule has 1 amide bonds. The summed E-state index contributed by atoms with van der Waals surface area (Å²) >= 11 is 6.59. The molecule has 0 fully saturated rings. The quantitative estimate of drug-likeness (QED) is 0.112. The summed E-state index contributed by atoms with van der Waals surface area (Å²) in [5, 5.41) is 24.1. The number of rotatable bonds is 10. The monoisotopic (exact) mass is 678 g/mol. The summed E-state index contributed by atoms with van der Waals surface area (Å²) in [7, 11) is 0. The van der Waals surface area contributed by atoms with Crippen LogP contribution in [0.4, 0.5) is 11.4 Å². The molecule has 0 aliphatic heterocycles. The Bertz CT molecular complexity index is 1680. The zero-order chi connectivity index (χ0) is 29.7. The van der Waals surface area contributed by atoms with Crippen molar-refractivity contribution in [1.82, 2.24) is 0 Å². The predicted octanol–water partition coefficient (Wildman–Crippen LogP) is 6.39. The Balaban J connectivity index is 1.69. The topological polar surface area (TPSA) is 144 Å². The molecule has 0 radical (unpaired) electrons. The number of aliphatic carboxylic acids is 1. The van der Waals surface area contributed by atoms with E-state index in [2.05, 4.69) is 37.2 Å². The molecule has 0 aliphatic carbocycles. The second kappa shape index (κ2) is 12.8. The van der Waals surface area contributed by atoms with E-state index in [4.69, 9.17) is 0 Å². The van der Waals surface area contributed by atoms with Gasteiger partial charge in [0.05, 0.1) is 23.5 Å². The van der Waals surface area contributed by atoms with E-state index in [9.17, 15) is 34.4 Å². The Morgan fingerprint density at radius 3 is 1.71 bits per heavy atom. The van der Waals surface area contributed by atoms with Crippen LogP contribution in [-0.2, 0) is 22.4 Å². The lowest BCUT2D eigenvalue weighted by atomic mass is 9.96. The third kappa shape index (κ3) is 7.00. The lowest BCUT2D eigenvalue weighted by Crippen LogP contribution is -2.20. The Hall–Kier alpha value is -4.48. The van der Waals surface area contributed by atoms with Crippen molar-refractivity contribution in [2.24, 2.45) is 0 Å². The molecule has 0 aliphatic rings. The molecule has 0 aromatic heterocycles. The van der Waals surface area contributed by atoms with Crippen LogP contribution in [0.1, 0.15) is 43.0 Å². The number of nitrogens with zero attached hydrogens (tertiary/aromatic N) is 1. The molecule has 0 saturated heterocycles. The standard InChI is InChI=1S/C30H20Br2N2O7/c31-21-11-7-17(8-12-21)29(38)23-5-1-3-19(16-26(36)37)27(23)33-25(35)15-20-4-2-6-24(28(20)34(40)41)30(39)18-9-13-22(32)14-10-18/h1-14H,15-16H2,(H,33,35)(H,36,37). The van der Waals surface area contributed by atoms with Crippen molar-refractivity contribution in [3.63, 3.8) is 0 Å². The summed E-state index contributed by atoms with van der Waals surface area (Å²) in [4.78, 5) is 62.6. The second-order valence-electron chi connectivity index (χ2n) is 8.88. The number of carboxylic acids is 1. The molecular formula is C30H20Br2N2O7. The smallest absolute Gasteiger partial charge is 0.307 e. The van der Waals surface area contributed by atoms with Crippen molar-refractivity contribution in [3.8, 4) is 0 Å². The van der Waals surface area contributed by atoms with Gasteiger partial charge in [0.25, 0.3) is 5.69 Å². The van der Waals surface area contributed by atoms with Crippen molar-refractivity contribution in [2.45, 2.75) is 12.8 Å². The van der Waals surface area contributed by atoms with Gasteiger partial charge in [-0.3, -0.25) is 29.3 Å². The SMILES string of the molecule is O=C(O)Cc1cccc(C(=O)c2ccc(Br)cc2)c1NC(=O)Cc1cccc(C(=O)c2ccc(Br)cc2)c1[N+](=O)[O-]. The van der Waals surface area contributed by atoms with Gasteiger partial charge in [-0.2, -0.15) is 0 Å². The minimum Gasteiger partial charge on any atom is -0.481 e. The van der Waals surface area contributed by atoms with E-state index >= 15 is 0 Å². The lowest BCUT2D eigenvalue weighted by molar-refractivity contribution is -0.385. The maximum atomic E-state index is 13.3. The van der Waals surface area contributed by atoms with E-state index in [1.54, 1.807) is 36.4 Å². The summed E-state index contributed by atoms with van der Waals surface area (Å²) in [6.45, 7) is 0. The first-order valence-electron chi connectivity index (χ1n) is 12.1. The van der Waals surface area contributed by atoms with Crippen LogP contribution in [0.25, 0.3) is 0 Å². The second-order valence-corrected chi connectivity index (χ2v) is 10.7. The van der Waals surface area contributed by atoms with Crippen LogP contribution in [0.15, 0.2) is 93.9 Å². The van der Waals surface area contributed by atoms with Crippen molar-refractivity contribution in [3.05, 3.63) is 137 Å². The van der Waals surface area contributed by atoms with E-state index in [1.807, 2.05) is 0 Å². The fourth-order valence-corrected chi connectivity index (χ4v) is 4.78. The van der Waals surface area contributed by atoms with Gasteiger partial charge in [-0.1, -0.05) is 56.1 Å².